The number of sulfonamides is 1. The fraction of sp³-hybridized carbons (Fsp3) is 0.333. The van der Waals surface area contributed by atoms with Crippen molar-refractivity contribution in [1.29, 1.82) is 0 Å². The predicted octanol–water partition coefficient (Wildman–Crippen LogP) is 5.56. The van der Waals surface area contributed by atoms with Crippen LogP contribution in [0.3, 0.4) is 0 Å². The van der Waals surface area contributed by atoms with Crippen LogP contribution in [0.15, 0.2) is 77.7 Å². The number of carbonyl (C=O) groups excluding carboxylic acids is 2. The second kappa shape index (κ2) is 13.8. The average Bonchev–Trinajstić information content (AvgIpc) is 2.91. The van der Waals surface area contributed by atoms with Crippen LogP contribution in [-0.4, -0.2) is 44.3 Å². The second-order valence-corrected chi connectivity index (χ2v) is 12.3. The maximum Gasteiger partial charge on any atom is 0.264 e. The number of hydrogen-bond donors (Lipinski definition) is 1. The Labute approximate surface area is 241 Å². The first-order valence-corrected chi connectivity index (χ1v) is 14.9. The Kier molecular flexibility index (Phi) is 10.7. The molecule has 0 aliphatic heterocycles. The lowest BCUT2D eigenvalue weighted by molar-refractivity contribution is -0.140. The standard InChI is InChI=1S/C30H35ClFN3O4S/c1-5-28(30(37)33-18-21(2)3)34(19-23-9-13-25(32)14-10-23)29(36)20-35(26-8-6-7-22(4)17-26)40(38,39)27-15-11-24(31)12-16-27/h6-17,21,28H,5,18-20H2,1-4H3,(H,33,37). The van der Waals surface area contributed by atoms with Gasteiger partial charge in [0.05, 0.1) is 10.6 Å². The van der Waals surface area contributed by atoms with E-state index in [1.54, 1.807) is 25.1 Å². The summed E-state index contributed by atoms with van der Waals surface area (Å²) in [6, 6.07) is 17.3. The molecule has 2 amide bonds. The van der Waals surface area contributed by atoms with Crippen molar-refractivity contribution in [3.8, 4) is 0 Å². The van der Waals surface area contributed by atoms with Gasteiger partial charge in [-0.2, -0.15) is 0 Å². The van der Waals surface area contributed by atoms with Crippen LogP contribution in [0.25, 0.3) is 0 Å². The first-order chi connectivity index (χ1) is 18.9. The van der Waals surface area contributed by atoms with Crippen molar-refractivity contribution in [2.45, 2.75) is 51.6 Å². The summed E-state index contributed by atoms with van der Waals surface area (Å²) in [6.07, 6.45) is 0.297. The highest BCUT2D eigenvalue weighted by atomic mass is 35.5. The monoisotopic (exact) mass is 587 g/mol. The number of hydrogen-bond acceptors (Lipinski definition) is 4. The van der Waals surface area contributed by atoms with Gasteiger partial charge in [0.1, 0.15) is 18.4 Å². The molecular weight excluding hydrogens is 553 g/mol. The Bertz CT molecular complexity index is 1410. The Balaban J connectivity index is 2.04. The smallest absolute Gasteiger partial charge is 0.264 e. The van der Waals surface area contributed by atoms with Gasteiger partial charge in [-0.15, -0.1) is 0 Å². The lowest BCUT2D eigenvalue weighted by Gasteiger charge is -2.33. The summed E-state index contributed by atoms with van der Waals surface area (Å²) in [4.78, 5) is 28.5. The molecule has 0 aliphatic rings. The normalized spacial score (nSPS) is 12.2. The van der Waals surface area contributed by atoms with Crippen molar-refractivity contribution in [3.05, 3.63) is 94.8 Å². The number of halogens is 2. The van der Waals surface area contributed by atoms with Gasteiger partial charge in [-0.05, 0) is 78.9 Å². The zero-order valence-corrected chi connectivity index (χ0v) is 24.7. The van der Waals surface area contributed by atoms with E-state index in [1.165, 1.54) is 53.4 Å². The van der Waals surface area contributed by atoms with E-state index >= 15 is 0 Å². The molecule has 3 aromatic carbocycles. The van der Waals surface area contributed by atoms with Crippen molar-refractivity contribution in [3.63, 3.8) is 0 Å². The number of rotatable bonds is 12. The van der Waals surface area contributed by atoms with Gasteiger partial charge in [0.15, 0.2) is 0 Å². The Morgan fingerprint density at radius 2 is 1.65 bits per heavy atom. The largest absolute Gasteiger partial charge is 0.354 e. The second-order valence-electron chi connectivity index (χ2n) is 10.0. The maximum atomic E-state index is 14.0. The molecule has 1 N–H and O–H groups in total. The lowest BCUT2D eigenvalue weighted by Crippen LogP contribution is -2.52. The van der Waals surface area contributed by atoms with Gasteiger partial charge < -0.3 is 10.2 Å². The molecule has 10 heteroatoms. The first-order valence-electron chi connectivity index (χ1n) is 13.1. The number of carbonyl (C=O) groups is 2. The summed E-state index contributed by atoms with van der Waals surface area (Å²) < 4.78 is 42.3. The zero-order chi connectivity index (χ0) is 29.4. The van der Waals surface area contributed by atoms with Gasteiger partial charge in [-0.3, -0.25) is 13.9 Å². The minimum absolute atomic E-state index is 0.00459. The molecule has 3 aromatic rings. The number of amides is 2. The van der Waals surface area contributed by atoms with Gasteiger partial charge in [0.25, 0.3) is 10.0 Å². The molecule has 1 atom stereocenters. The number of benzene rings is 3. The van der Waals surface area contributed by atoms with Crippen LogP contribution < -0.4 is 9.62 Å². The van der Waals surface area contributed by atoms with Crippen molar-refractivity contribution >= 4 is 39.1 Å². The number of anilines is 1. The topological polar surface area (TPSA) is 86.8 Å². The third-order valence-corrected chi connectivity index (χ3v) is 8.35. The van der Waals surface area contributed by atoms with Crippen LogP contribution in [0, 0.1) is 18.7 Å². The molecular formula is C30H35ClFN3O4S. The van der Waals surface area contributed by atoms with Crippen LogP contribution in [0.1, 0.15) is 38.3 Å². The van der Waals surface area contributed by atoms with Crippen molar-refractivity contribution in [2.24, 2.45) is 5.92 Å². The van der Waals surface area contributed by atoms with Crippen LogP contribution in [0.2, 0.25) is 5.02 Å². The van der Waals surface area contributed by atoms with Gasteiger partial charge in [0.2, 0.25) is 11.8 Å². The Hall–Kier alpha value is -3.43. The van der Waals surface area contributed by atoms with Crippen LogP contribution in [0.4, 0.5) is 10.1 Å². The van der Waals surface area contributed by atoms with Crippen LogP contribution in [-0.2, 0) is 26.2 Å². The molecule has 40 heavy (non-hydrogen) atoms. The summed E-state index contributed by atoms with van der Waals surface area (Å²) in [7, 11) is -4.19. The van der Waals surface area contributed by atoms with E-state index < -0.39 is 34.3 Å². The quantitative estimate of drug-likeness (QED) is 0.300. The fourth-order valence-corrected chi connectivity index (χ4v) is 5.71. The first kappa shape index (κ1) is 31.1. The van der Waals surface area contributed by atoms with E-state index in [9.17, 15) is 22.4 Å². The highest BCUT2D eigenvalue weighted by Crippen LogP contribution is 2.26. The summed E-state index contributed by atoms with van der Waals surface area (Å²) in [5.74, 6) is -1.14. The zero-order valence-electron chi connectivity index (χ0n) is 23.1. The lowest BCUT2D eigenvalue weighted by atomic mass is 10.1. The van der Waals surface area contributed by atoms with Crippen LogP contribution in [0.5, 0.6) is 0 Å². The molecule has 0 saturated heterocycles. The number of nitrogens with one attached hydrogen (secondary N) is 1. The SMILES string of the molecule is CCC(C(=O)NCC(C)C)N(Cc1ccc(F)cc1)C(=O)CN(c1cccc(C)c1)S(=O)(=O)c1ccc(Cl)cc1. The maximum absolute atomic E-state index is 14.0. The molecule has 1 unspecified atom stereocenters. The van der Waals surface area contributed by atoms with Crippen LogP contribution >= 0.6 is 11.6 Å². The van der Waals surface area contributed by atoms with Gasteiger partial charge in [-0.25, -0.2) is 12.8 Å². The van der Waals surface area contributed by atoms with Gasteiger partial charge >= 0.3 is 0 Å². The minimum Gasteiger partial charge on any atom is -0.354 e. The van der Waals surface area contributed by atoms with Crippen molar-refractivity contribution in [1.82, 2.24) is 10.2 Å². The molecule has 0 aromatic heterocycles. The highest BCUT2D eigenvalue weighted by Gasteiger charge is 2.33. The molecule has 0 saturated carbocycles. The van der Waals surface area contributed by atoms with Gasteiger partial charge in [0, 0.05) is 18.1 Å². The Morgan fingerprint density at radius 1 is 1.00 bits per heavy atom. The molecule has 0 heterocycles. The third-order valence-electron chi connectivity index (χ3n) is 6.31. The molecule has 0 radical (unpaired) electrons. The van der Waals surface area contributed by atoms with E-state index in [2.05, 4.69) is 5.32 Å². The number of aryl methyl sites for hydroxylation is 1. The molecule has 0 aliphatic carbocycles. The summed E-state index contributed by atoms with van der Waals surface area (Å²) in [5, 5.41) is 3.26. The van der Waals surface area contributed by atoms with Crippen molar-refractivity contribution in [2.75, 3.05) is 17.4 Å². The summed E-state index contributed by atoms with van der Waals surface area (Å²) >= 11 is 5.99. The average molecular weight is 588 g/mol. The fourth-order valence-electron chi connectivity index (χ4n) is 4.17. The molecule has 214 valence electrons. The highest BCUT2D eigenvalue weighted by molar-refractivity contribution is 7.92. The number of nitrogens with zero attached hydrogens (tertiary/aromatic N) is 2. The molecule has 0 bridgehead atoms. The van der Waals surface area contributed by atoms with E-state index in [4.69, 9.17) is 11.6 Å². The summed E-state index contributed by atoms with van der Waals surface area (Å²) in [5.41, 5.74) is 1.72. The van der Waals surface area contributed by atoms with E-state index in [0.717, 1.165) is 9.87 Å². The van der Waals surface area contributed by atoms with Crippen molar-refractivity contribution < 1.29 is 22.4 Å². The molecule has 7 nitrogen and oxygen atoms in total. The molecule has 0 spiro atoms. The van der Waals surface area contributed by atoms with Gasteiger partial charge in [-0.1, -0.05) is 56.6 Å². The Morgan fingerprint density at radius 3 is 2.23 bits per heavy atom. The van der Waals surface area contributed by atoms with E-state index in [-0.39, 0.29) is 23.3 Å². The van der Waals surface area contributed by atoms with E-state index in [0.29, 0.717) is 29.2 Å². The van der Waals surface area contributed by atoms with E-state index in [1.807, 2.05) is 26.8 Å². The predicted molar refractivity (Wildman–Crippen MR) is 156 cm³/mol. The third kappa shape index (κ3) is 8.05. The summed E-state index contributed by atoms with van der Waals surface area (Å²) in [6.45, 7) is 7.40. The molecule has 3 rings (SSSR count). The minimum atomic E-state index is -4.19. The molecule has 0 fully saturated rings.